The molecule has 1 aromatic heterocycles. The fourth-order valence-electron chi connectivity index (χ4n) is 1.83. The van der Waals surface area contributed by atoms with E-state index in [1.165, 1.54) is 23.9 Å². The lowest BCUT2D eigenvalue weighted by atomic mass is 10.1. The summed E-state index contributed by atoms with van der Waals surface area (Å²) in [7, 11) is 1.34. The first-order valence-corrected chi connectivity index (χ1v) is 6.10. The predicted octanol–water partition coefficient (Wildman–Crippen LogP) is 1.75. The van der Waals surface area contributed by atoms with Gasteiger partial charge in [0, 0.05) is 6.20 Å². The van der Waals surface area contributed by atoms with E-state index in [4.69, 9.17) is 0 Å². The molecule has 0 N–H and O–H groups in total. The van der Waals surface area contributed by atoms with E-state index in [1.807, 2.05) is 0 Å². The summed E-state index contributed by atoms with van der Waals surface area (Å²) in [6, 6.07) is 9.80. The van der Waals surface area contributed by atoms with Gasteiger partial charge in [-0.2, -0.15) is 0 Å². The van der Waals surface area contributed by atoms with Gasteiger partial charge in [0.25, 0.3) is 5.56 Å². The van der Waals surface area contributed by atoms with E-state index in [-0.39, 0.29) is 18.9 Å². The number of nitrogens with zero attached hydrogens (tertiary/aromatic N) is 1. The van der Waals surface area contributed by atoms with Gasteiger partial charge >= 0.3 is 5.97 Å². The standard InChI is InChI=1S/C15H14FNO3/c1-20-14(18)9-11-4-6-12(7-5-11)10-17-8-2-3-13(16)15(17)19/h2-8H,9-10H2,1H3. The summed E-state index contributed by atoms with van der Waals surface area (Å²) in [5.41, 5.74) is 1.03. The molecule has 104 valence electrons. The van der Waals surface area contributed by atoms with Gasteiger partial charge in [0.15, 0.2) is 5.82 Å². The molecule has 0 radical (unpaired) electrons. The number of esters is 1. The monoisotopic (exact) mass is 275 g/mol. The second kappa shape index (κ2) is 6.14. The topological polar surface area (TPSA) is 48.3 Å². The highest BCUT2D eigenvalue weighted by Crippen LogP contribution is 2.07. The third kappa shape index (κ3) is 3.32. The fourth-order valence-corrected chi connectivity index (χ4v) is 1.83. The molecule has 20 heavy (non-hydrogen) atoms. The van der Waals surface area contributed by atoms with Crippen LogP contribution in [0.25, 0.3) is 0 Å². The van der Waals surface area contributed by atoms with Crippen molar-refractivity contribution >= 4 is 5.97 Å². The number of ether oxygens (including phenoxy) is 1. The third-order valence-corrected chi connectivity index (χ3v) is 2.93. The number of hydrogen-bond donors (Lipinski definition) is 0. The summed E-state index contributed by atoms with van der Waals surface area (Å²) in [5.74, 6) is -1.08. The molecule has 4 nitrogen and oxygen atoms in total. The van der Waals surface area contributed by atoms with Gasteiger partial charge in [0.1, 0.15) is 0 Å². The molecule has 0 saturated carbocycles. The Kier molecular flexibility index (Phi) is 4.30. The molecule has 2 aromatic rings. The molecule has 0 fully saturated rings. The Morgan fingerprint density at radius 2 is 1.85 bits per heavy atom. The molecule has 0 atom stereocenters. The smallest absolute Gasteiger partial charge is 0.309 e. The number of pyridine rings is 1. The Hall–Kier alpha value is -2.43. The summed E-state index contributed by atoms with van der Waals surface area (Å²) in [4.78, 5) is 22.7. The second-order valence-electron chi connectivity index (χ2n) is 4.36. The number of hydrogen-bond acceptors (Lipinski definition) is 3. The molecular weight excluding hydrogens is 261 g/mol. The molecular formula is C15H14FNO3. The molecule has 0 amide bonds. The SMILES string of the molecule is COC(=O)Cc1ccc(Cn2cccc(F)c2=O)cc1. The van der Waals surface area contributed by atoms with Crippen molar-refractivity contribution in [1.29, 1.82) is 0 Å². The first-order chi connectivity index (χ1) is 9.60. The molecule has 0 saturated heterocycles. The van der Waals surface area contributed by atoms with Gasteiger partial charge in [-0.15, -0.1) is 0 Å². The van der Waals surface area contributed by atoms with Gasteiger partial charge in [-0.1, -0.05) is 24.3 Å². The van der Waals surface area contributed by atoms with Crippen molar-refractivity contribution in [2.45, 2.75) is 13.0 Å². The molecule has 1 aromatic carbocycles. The van der Waals surface area contributed by atoms with Crippen LogP contribution in [0.2, 0.25) is 0 Å². The molecule has 2 rings (SSSR count). The van der Waals surface area contributed by atoms with Crippen LogP contribution in [0.1, 0.15) is 11.1 Å². The quantitative estimate of drug-likeness (QED) is 0.799. The average molecular weight is 275 g/mol. The van der Waals surface area contributed by atoms with Gasteiger partial charge in [0.2, 0.25) is 0 Å². The van der Waals surface area contributed by atoms with Crippen LogP contribution in [0.4, 0.5) is 4.39 Å². The van der Waals surface area contributed by atoms with Crippen LogP contribution < -0.4 is 5.56 Å². The molecule has 1 heterocycles. The molecule has 0 unspecified atom stereocenters. The predicted molar refractivity (Wildman–Crippen MR) is 71.9 cm³/mol. The Morgan fingerprint density at radius 3 is 2.50 bits per heavy atom. The van der Waals surface area contributed by atoms with E-state index in [1.54, 1.807) is 24.3 Å². The molecule has 0 aliphatic carbocycles. The zero-order valence-corrected chi connectivity index (χ0v) is 11.0. The van der Waals surface area contributed by atoms with Crippen LogP contribution in [0, 0.1) is 5.82 Å². The van der Waals surface area contributed by atoms with Crippen molar-refractivity contribution in [3.63, 3.8) is 0 Å². The molecule has 0 bridgehead atoms. The van der Waals surface area contributed by atoms with Crippen LogP contribution in [-0.2, 0) is 22.5 Å². The van der Waals surface area contributed by atoms with Gasteiger partial charge < -0.3 is 9.30 Å². The summed E-state index contributed by atoms with van der Waals surface area (Å²) in [6.45, 7) is 0.287. The van der Waals surface area contributed by atoms with Gasteiger partial charge in [-0.05, 0) is 23.3 Å². The summed E-state index contributed by atoms with van der Waals surface area (Å²) >= 11 is 0. The Morgan fingerprint density at radius 1 is 1.20 bits per heavy atom. The van der Waals surface area contributed by atoms with Gasteiger partial charge in [-0.25, -0.2) is 4.39 Å². The number of carbonyl (C=O) groups is 1. The van der Waals surface area contributed by atoms with Crippen molar-refractivity contribution < 1.29 is 13.9 Å². The maximum atomic E-state index is 13.1. The van der Waals surface area contributed by atoms with E-state index in [2.05, 4.69) is 4.74 Å². The van der Waals surface area contributed by atoms with E-state index in [0.717, 1.165) is 17.2 Å². The molecule has 0 spiro atoms. The highest BCUT2D eigenvalue weighted by Gasteiger charge is 2.05. The number of rotatable bonds is 4. The Balaban J connectivity index is 2.13. The van der Waals surface area contributed by atoms with E-state index < -0.39 is 11.4 Å². The van der Waals surface area contributed by atoms with Crippen LogP contribution in [-0.4, -0.2) is 17.6 Å². The van der Waals surface area contributed by atoms with Crippen LogP contribution in [0.3, 0.4) is 0 Å². The van der Waals surface area contributed by atoms with Gasteiger partial charge in [0.05, 0.1) is 20.1 Å². The van der Waals surface area contributed by atoms with Crippen molar-refractivity contribution in [2.75, 3.05) is 7.11 Å². The molecule has 5 heteroatoms. The zero-order valence-electron chi connectivity index (χ0n) is 11.0. The number of aromatic nitrogens is 1. The van der Waals surface area contributed by atoms with Crippen LogP contribution in [0.15, 0.2) is 47.4 Å². The lowest BCUT2D eigenvalue weighted by Crippen LogP contribution is -2.22. The number of carbonyl (C=O) groups excluding carboxylic acids is 1. The van der Waals surface area contributed by atoms with Crippen molar-refractivity contribution in [1.82, 2.24) is 4.57 Å². The van der Waals surface area contributed by atoms with E-state index in [9.17, 15) is 14.0 Å². The second-order valence-corrected chi connectivity index (χ2v) is 4.36. The maximum Gasteiger partial charge on any atom is 0.309 e. The maximum absolute atomic E-state index is 13.1. The van der Waals surface area contributed by atoms with E-state index >= 15 is 0 Å². The van der Waals surface area contributed by atoms with Crippen LogP contribution in [0.5, 0.6) is 0 Å². The average Bonchev–Trinajstić information content (AvgIpc) is 2.46. The summed E-state index contributed by atoms with van der Waals surface area (Å²) < 4.78 is 19.0. The normalized spacial score (nSPS) is 10.3. The minimum absolute atomic E-state index is 0.205. The Bertz CT molecular complexity index is 662. The summed E-state index contributed by atoms with van der Waals surface area (Å²) in [6.07, 6.45) is 1.74. The fraction of sp³-hybridized carbons (Fsp3) is 0.200. The van der Waals surface area contributed by atoms with Crippen molar-refractivity contribution in [3.05, 3.63) is 69.9 Å². The molecule has 0 aliphatic rings. The van der Waals surface area contributed by atoms with Crippen LogP contribution >= 0.6 is 0 Å². The number of methoxy groups -OCH3 is 1. The minimum atomic E-state index is -0.769. The zero-order chi connectivity index (χ0) is 14.5. The minimum Gasteiger partial charge on any atom is -0.469 e. The lowest BCUT2D eigenvalue weighted by Gasteiger charge is -2.06. The highest BCUT2D eigenvalue weighted by molar-refractivity contribution is 5.72. The van der Waals surface area contributed by atoms with Crippen molar-refractivity contribution in [3.8, 4) is 0 Å². The number of halogens is 1. The third-order valence-electron chi connectivity index (χ3n) is 2.93. The lowest BCUT2D eigenvalue weighted by molar-refractivity contribution is -0.139. The van der Waals surface area contributed by atoms with E-state index in [0.29, 0.717) is 0 Å². The van der Waals surface area contributed by atoms with Crippen molar-refractivity contribution in [2.24, 2.45) is 0 Å². The summed E-state index contributed by atoms with van der Waals surface area (Å²) in [5, 5.41) is 0. The highest BCUT2D eigenvalue weighted by atomic mass is 19.1. The van der Waals surface area contributed by atoms with Gasteiger partial charge in [-0.3, -0.25) is 9.59 Å². The Labute approximate surface area is 115 Å². The largest absolute Gasteiger partial charge is 0.469 e. The first-order valence-electron chi connectivity index (χ1n) is 6.10. The number of benzene rings is 1. The molecule has 0 aliphatic heterocycles. The first kappa shape index (κ1) is 14.0.